The van der Waals surface area contributed by atoms with Crippen molar-refractivity contribution in [3.05, 3.63) is 34.9 Å². The molecule has 0 amide bonds. The van der Waals surface area contributed by atoms with E-state index in [1.807, 2.05) is 13.1 Å². The third kappa shape index (κ3) is 2.86. The van der Waals surface area contributed by atoms with Crippen molar-refractivity contribution in [1.29, 1.82) is 5.26 Å². The molecule has 0 saturated carbocycles. The molecule has 6 heteroatoms. The summed E-state index contributed by atoms with van der Waals surface area (Å²) < 4.78 is 38.7. The van der Waals surface area contributed by atoms with Crippen LogP contribution in [0.3, 0.4) is 0 Å². The molecule has 0 radical (unpaired) electrons. The number of Topliss-reactive ketones (excluding diaryl/α,β-unsaturated/α-hetero) is 1. The lowest BCUT2D eigenvalue weighted by atomic mass is 9.83. The summed E-state index contributed by atoms with van der Waals surface area (Å²) in [5.41, 5.74) is -0.943. The molecule has 2 unspecified atom stereocenters. The summed E-state index contributed by atoms with van der Waals surface area (Å²) in [5, 5.41) is 9.13. The van der Waals surface area contributed by atoms with Crippen molar-refractivity contribution in [2.75, 3.05) is 7.05 Å². The molecule has 0 aromatic heterocycles. The van der Waals surface area contributed by atoms with Gasteiger partial charge in [-0.2, -0.15) is 18.4 Å². The fourth-order valence-corrected chi connectivity index (χ4v) is 3.87. The van der Waals surface area contributed by atoms with Gasteiger partial charge in [-0.05, 0) is 50.9 Å². The maximum atomic E-state index is 12.9. The summed E-state index contributed by atoms with van der Waals surface area (Å²) in [6.07, 6.45) is -1.15. The number of piperidine rings is 1. The summed E-state index contributed by atoms with van der Waals surface area (Å²) in [6.45, 7) is 0. The van der Waals surface area contributed by atoms with E-state index >= 15 is 0 Å². The Hall–Kier alpha value is -1.87. The topological polar surface area (TPSA) is 44.1 Å². The predicted molar refractivity (Wildman–Crippen MR) is 77.8 cm³/mol. The lowest BCUT2D eigenvalue weighted by Gasteiger charge is -2.35. The Bertz CT molecular complexity index is 663. The van der Waals surface area contributed by atoms with E-state index in [1.54, 1.807) is 0 Å². The second kappa shape index (κ2) is 5.64. The standard InChI is InChI=1S/C17H17F3N2O/c1-22-13-4-5-14(22)7-11(6-13)16(23)15-8-12(17(18,19)20)3-2-10(15)9-21/h2-3,8,11,13-14H,4-7H2,1H3. The van der Waals surface area contributed by atoms with Crippen LogP contribution in [0, 0.1) is 17.2 Å². The van der Waals surface area contributed by atoms with Crippen LogP contribution in [-0.2, 0) is 6.18 Å². The third-order valence-corrected chi connectivity index (χ3v) is 5.20. The van der Waals surface area contributed by atoms with Gasteiger partial charge in [0.05, 0.1) is 17.2 Å². The summed E-state index contributed by atoms with van der Waals surface area (Å²) in [4.78, 5) is 15.0. The van der Waals surface area contributed by atoms with Crippen LogP contribution in [0.2, 0.25) is 0 Å². The van der Waals surface area contributed by atoms with Crippen molar-refractivity contribution in [1.82, 2.24) is 4.90 Å². The van der Waals surface area contributed by atoms with Gasteiger partial charge in [0.15, 0.2) is 5.78 Å². The first-order valence-corrected chi connectivity index (χ1v) is 7.68. The third-order valence-electron chi connectivity index (χ3n) is 5.20. The van der Waals surface area contributed by atoms with Crippen LogP contribution in [-0.4, -0.2) is 29.8 Å². The Balaban J connectivity index is 1.92. The molecule has 1 aromatic rings. The predicted octanol–water partition coefficient (Wildman–Crippen LogP) is 3.63. The molecule has 2 aliphatic rings. The number of carbonyl (C=O) groups is 1. The smallest absolute Gasteiger partial charge is 0.300 e. The fraction of sp³-hybridized carbons (Fsp3) is 0.529. The molecule has 2 saturated heterocycles. The molecule has 0 spiro atoms. The van der Waals surface area contributed by atoms with Crippen molar-refractivity contribution in [2.24, 2.45) is 5.92 Å². The average Bonchev–Trinajstić information content (AvgIpc) is 2.74. The molecule has 0 N–H and O–H groups in total. The van der Waals surface area contributed by atoms with E-state index in [1.165, 1.54) is 0 Å². The van der Waals surface area contributed by atoms with Crippen molar-refractivity contribution in [2.45, 2.75) is 43.9 Å². The number of rotatable bonds is 2. The highest BCUT2D eigenvalue weighted by Crippen LogP contribution is 2.39. The van der Waals surface area contributed by atoms with Gasteiger partial charge in [0.1, 0.15) is 0 Å². The second-order valence-electron chi connectivity index (χ2n) is 6.45. The number of benzene rings is 1. The molecule has 3 nitrogen and oxygen atoms in total. The fourth-order valence-electron chi connectivity index (χ4n) is 3.87. The Kier molecular flexibility index (Phi) is 3.93. The number of hydrogen-bond donors (Lipinski definition) is 0. The molecule has 0 aliphatic carbocycles. The van der Waals surface area contributed by atoms with Crippen LogP contribution in [0.4, 0.5) is 13.2 Å². The molecule has 2 aliphatic heterocycles. The van der Waals surface area contributed by atoms with Crippen LogP contribution in [0.5, 0.6) is 0 Å². The van der Waals surface area contributed by atoms with Gasteiger partial charge in [0, 0.05) is 23.6 Å². The molecule has 2 heterocycles. The van der Waals surface area contributed by atoms with E-state index in [2.05, 4.69) is 4.90 Å². The van der Waals surface area contributed by atoms with E-state index < -0.39 is 11.7 Å². The SMILES string of the molecule is CN1C2CCC1CC(C(=O)c1cc(C(F)(F)F)ccc1C#N)C2. The van der Waals surface area contributed by atoms with E-state index in [-0.39, 0.29) is 22.8 Å². The van der Waals surface area contributed by atoms with Gasteiger partial charge in [0.25, 0.3) is 0 Å². The number of halogens is 3. The molecule has 3 rings (SSSR count). The van der Waals surface area contributed by atoms with Crippen LogP contribution in [0.1, 0.15) is 47.2 Å². The first-order valence-electron chi connectivity index (χ1n) is 7.68. The Morgan fingerprint density at radius 1 is 1.26 bits per heavy atom. The Morgan fingerprint density at radius 2 is 1.87 bits per heavy atom. The lowest BCUT2D eigenvalue weighted by Crippen LogP contribution is -2.42. The monoisotopic (exact) mass is 322 g/mol. The first kappa shape index (κ1) is 16.0. The van der Waals surface area contributed by atoms with Crippen LogP contribution < -0.4 is 0 Å². The number of alkyl halides is 3. The van der Waals surface area contributed by atoms with Crippen LogP contribution in [0.25, 0.3) is 0 Å². The van der Waals surface area contributed by atoms with Gasteiger partial charge in [-0.15, -0.1) is 0 Å². The number of carbonyl (C=O) groups excluding carboxylic acids is 1. The Morgan fingerprint density at radius 3 is 2.39 bits per heavy atom. The van der Waals surface area contributed by atoms with Crippen molar-refractivity contribution >= 4 is 5.78 Å². The zero-order valence-corrected chi connectivity index (χ0v) is 12.7. The molecular weight excluding hydrogens is 305 g/mol. The normalized spacial score (nSPS) is 27.7. The summed E-state index contributed by atoms with van der Waals surface area (Å²) in [6, 6.07) is 5.27. The molecule has 2 fully saturated rings. The minimum atomic E-state index is -4.52. The highest BCUT2D eigenvalue weighted by molar-refractivity contribution is 6.00. The van der Waals surface area contributed by atoms with Gasteiger partial charge in [-0.25, -0.2) is 0 Å². The van der Waals surface area contributed by atoms with Crippen LogP contribution >= 0.6 is 0 Å². The number of nitriles is 1. The first-order chi connectivity index (χ1) is 10.8. The maximum absolute atomic E-state index is 12.9. The number of fused-ring (bicyclic) bond motifs is 2. The number of nitrogens with zero attached hydrogens (tertiary/aromatic N) is 2. The summed E-state index contributed by atoms with van der Waals surface area (Å²) >= 11 is 0. The number of hydrogen-bond acceptors (Lipinski definition) is 3. The van der Waals surface area contributed by atoms with Gasteiger partial charge >= 0.3 is 6.18 Å². The lowest BCUT2D eigenvalue weighted by molar-refractivity contribution is -0.137. The number of ketones is 1. The quantitative estimate of drug-likeness (QED) is 0.781. The molecular formula is C17H17F3N2O. The van der Waals surface area contributed by atoms with E-state index in [0.29, 0.717) is 24.9 Å². The average molecular weight is 322 g/mol. The van der Waals surface area contributed by atoms with Crippen molar-refractivity contribution in [3.63, 3.8) is 0 Å². The van der Waals surface area contributed by atoms with Crippen LogP contribution in [0.15, 0.2) is 18.2 Å². The van der Waals surface area contributed by atoms with E-state index in [0.717, 1.165) is 31.0 Å². The zero-order valence-electron chi connectivity index (χ0n) is 12.7. The molecule has 2 bridgehead atoms. The molecule has 122 valence electrons. The summed E-state index contributed by atoms with van der Waals surface area (Å²) in [5.74, 6) is -0.614. The van der Waals surface area contributed by atoms with E-state index in [9.17, 15) is 18.0 Å². The second-order valence-corrected chi connectivity index (χ2v) is 6.45. The van der Waals surface area contributed by atoms with Crippen molar-refractivity contribution in [3.8, 4) is 6.07 Å². The maximum Gasteiger partial charge on any atom is 0.416 e. The molecule has 23 heavy (non-hydrogen) atoms. The largest absolute Gasteiger partial charge is 0.416 e. The van der Waals surface area contributed by atoms with Crippen molar-refractivity contribution < 1.29 is 18.0 Å². The van der Waals surface area contributed by atoms with Gasteiger partial charge < -0.3 is 4.90 Å². The Labute approximate surface area is 132 Å². The molecule has 1 aromatic carbocycles. The van der Waals surface area contributed by atoms with Gasteiger partial charge in [0.2, 0.25) is 0 Å². The minimum Gasteiger partial charge on any atom is -0.300 e. The highest BCUT2D eigenvalue weighted by atomic mass is 19.4. The molecule has 2 atom stereocenters. The highest BCUT2D eigenvalue weighted by Gasteiger charge is 2.41. The summed E-state index contributed by atoms with van der Waals surface area (Å²) in [7, 11) is 2.04. The minimum absolute atomic E-state index is 0.0225. The van der Waals surface area contributed by atoms with Gasteiger partial charge in [-0.1, -0.05) is 0 Å². The van der Waals surface area contributed by atoms with Gasteiger partial charge in [-0.3, -0.25) is 4.79 Å². The zero-order chi connectivity index (χ0) is 16.8. The van der Waals surface area contributed by atoms with E-state index in [4.69, 9.17) is 5.26 Å².